The molecule has 71 valence electrons. The van der Waals surface area contributed by atoms with Gasteiger partial charge < -0.3 is 4.74 Å². The van der Waals surface area contributed by atoms with Crippen LogP contribution in [0, 0.1) is 6.07 Å². The van der Waals surface area contributed by atoms with Crippen molar-refractivity contribution in [3.63, 3.8) is 0 Å². The minimum absolute atomic E-state index is 0.208. The van der Waals surface area contributed by atoms with Crippen LogP contribution >= 0.6 is 11.6 Å². The van der Waals surface area contributed by atoms with Crippen LogP contribution in [0.1, 0.15) is 0 Å². The fraction of sp³-hybridized carbons (Fsp3) is 0.111. The van der Waals surface area contributed by atoms with E-state index in [1.165, 1.54) is 6.33 Å². The topological polar surface area (TPSA) is 39.9 Å². The SMILES string of the molecule is COc1c[c]ccc1-n1cnc(Cl)n1. The maximum Gasteiger partial charge on any atom is 0.242 e. The normalized spacial score (nSPS) is 10.1. The Morgan fingerprint density at radius 2 is 2.43 bits per heavy atom. The molecule has 0 unspecified atom stereocenters. The molecule has 1 aromatic heterocycles. The summed E-state index contributed by atoms with van der Waals surface area (Å²) < 4.78 is 6.70. The van der Waals surface area contributed by atoms with E-state index < -0.39 is 0 Å². The summed E-state index contributed by atoms with van der Waals surface area (Å²) in [6, 6.07) is 8.23. The number of nitrogens with zero attached hydrogens (tertiary/aromatic N) is 3. The molecular weight excluding hydrogens is 202 g/mol. The highest BCUT2D eigenvalue weighted by atomic mass is 35.5. The van der Waals surface area contributed by atoms with E-state index in [1.807, 2.05) is 6.07 Å². The van der Waals surface area contributed by atoms with Gasteiger partial charge in [-0.1, -0.05) is 6.07 Å². The Bertz CT molecular complexity index is 441. The van der Waals surface area contributed by atoms with Gasteiger partial charge in [-0.05, 0) is 29.8 Å². The second-order valence-electron chi connectivity index (χ2n) is 2.56. The van der Waals surface area contributed by atoms with Crippen molar-refractivity contribution >= 4 is 11.6 Å². The number of hydrogen-bond acceptors (Lipinski definition) is 3. The molecule has 0 amide bonds. The predicted molar refractivity (Wildman–Crippen MR) is 51.8 cm³/mol. The number of methoxy groups -OCH3 is 1. The van der Waals surface area contributed by atoms with Gasteiger partial charge in [0.25, 0.3) is 0 Å². The maximum atomic E-state index is 5.61. The van der Waals surface area contributed by atoms with Gasteiger partial charge in [0.1, 0.15) is 17.8 Å². The zero-order valence-corrected chi connectivity index (χ0v) is 8.19. The van der Waals surface area contributed by atoms with Gasteiger partial charge in [0.05, 0.1) is 7.11 Å². The Hall–Kier alpha value is -1.55. The summed E-state index contributed by atoms with van der Waals surface area (Å²) in [6.45, 7) is 0. The molecule has 0 aliphatic heterocycles. The van der Waals surface area contributed by atoms with Gasteiger partial charge in [-0.3, -0.25) is 0 Å². The highest BCUT2D eigenvalue weighted by Gasteiger charge is 2.05. The highest BCUT2D eigenvalue weighted by Crippen LogP contribution is 2.20. The lowest BCUT2D eigenvalue weighted by atomic mass is 10.3. The summed E-state index contributed by atoms with van der Waals surface area (Å²) in [5.74, 6) is 0.675. The Morgan fingerprint density at radius 1 is 1.57 bits per heavy atom. The average Bonchev–Trinajstić information content (AvgIpc) is 2.65. The monoisotopic (exact) mass is 208 g/mol. The quantitative estimate of drug-likeness (QED) is 0.755. The van der Waals surface area contributed by atoms with E-state index in [0.717, 1.165) is 5.69 Å². The lowest BCUT2D eigenvalue weighted by Gasteiger charge is -2.05. The van der Waals surface area contributed by atoms with Crippen molar-refractivity contribution in [3.8, 4) is 11.4 Å². The lowest BCUT2D eigenvalue weighted by Crippen LogP contribution is -1.97. The Morgan fingerprint density at radius 3 is 3.07 bits per heavy atom. The number of hydrogen-bond donors (Lipinski definition) is 0. The first-order chi connectivity index (χ1) is 6.81. The molecule has 0 aliphatic carbocycles. The molecule has 0 fully saturated rings. The van der Waals surface area contributed by atoms with Crippen LogP contribution in [0.15, 0.2) is 24.5 Å². The van der Waals surface area contributed by atoms with E-state index in [1.54, 1.807) is 23.9 Å². The summed E-state index contributed by atoms with van der Waals surface area (Å²) in [6.07, 6.45) is 1.53. The van der Waals surface area contributed by atoms with Gasteiger partial charge in [0.15, 0.2) is 0 Å². The molecule has 0 saturated carbocycles. The Kier molecular flexibility index (Phi) is 2.37. The van der Waals surface area contributed by atoms with Crippen molar-refractivity contribution in [2.24, 2.45) is 0 Å². The molecule has 14 heavy (non-hydrogen) atoms. The van der Waals surface area contributed by atoms with E-state index in [0.29, 0.717) is 5.75 Å². The number of rotatable bonds is 2. The van der Waals surface area contributed by atoms with Crippen molar-refractivity contribution in [2.75, 3.05) is 7.11 Å². The van der Waals surface area contributed by atoms with E-state index in [9.17, 15) is 0 Å². The minimum atomic E-state index is 0.208. The number of halogens is 1. The molecule has 0 atom stereocenters. The minimum Gasteiger partial charge on any atom is -0.494 e. The van der Waals surface area contributed by atoms with Crippen LogP contribution in [0.25, 0.3) is 5.69 Å². The van der Waals surface area contributed by atoms with Crippen LogP contribution in [0.3, 0.4) is 0 Å². The summed E-state index contributed by atoms with van der Waals surface area (Å²) in [5, 5.41) is 4.17. The van der Waals surface area contributed by atoms with E-state index in [4.69, 9.17) is 16.3 Å². The first kappa shape index (κ1) is 9.02. The Balaban J connectivity index is 2.50. The molecule has 0 bridgehead atoms. The molecule has 0 aliphatic rings. The smallest absolute Gasteiger partial charge is 0.242 e. The van der Waals surface area contributed by atoms with Crippen LogP contribution in [0.5, 0.6) is 5.75 Å². The van der Waals surface area contributed by atoms with Gasteiger partial charge in [-0.2, -0.15) is 0 Å². The molecule has 5 heteroatoms. The molecule has 1 radical (unpaired) electrons. The molecule has 1 heterocycles. The number of benzene rings is 1. The van der Waals surface area contributed by atoms with Crippen LogP contribution < -0.4 is 4.74 Å². The summed E-state index contributed by atoms with van der Waals surface area (Å²) in [5.41, 5.74) is 0.783. The summed E-state index contributed by atoms with van der Waals surface area (Å²) in [7, 11) is 1.59. The van der Waals surface area contributed by atoms with Crippen molar-refractivity contribution in [1.29, 1.82) is 0 Å². The van der Waals surface area contributed by atoms with Crippen molar-refractivity contribution in [2.45, 2.75) is 0 Å². The molecule has 0 N–H and O–H groups in total. The molecule has 0 spiro atoms. The largest absolute Gasteiger partial charge is 0.494 e. The highest BCUT2D eigenvalue weighted by molar-refractivity contribution is 6.28. The molecular formula is C9H7ClN3O. The van der Waals surface area contributed by atoms with E-state index >= 15 is 0 Å². The molecule has 4 nitrogen and oxygen atoms in total. The Labute approximate surface area is 86.1 Å². The third-order valence-corrected chi connectivity index (χ3v) is 1.91. The van der Waals surface area contributed by atoms with E-state index in [2.05, 4.69) is 16.1 Å². The second kappa shape index (κ2) is 3.67. The van der Waals surface area contributed by atoms with Gasteiger partial charge in [-0.15, -0.1) is 5.10 Å². The number of ether oxygens (including phenoxy) is 1. The van der Waals surface area contributed by atoms with Gasteiger partial charge in [0, 0.05) is 0 Å². The average molecular weight is 209 g/mol. The predicted octanol–water partition coefficient (Wildman–Crippen LogP) is 1.73. The standard InChI is InChI=1S/C9H7ClN3O/c1-14-8-5-3-2-4-7(8)13-6-11-9(10)12-13/h2,4-6H,1H3. The van der Waals surface area contributed by atoms with Gasteiger partial charge >= 0.3 is 0 Å². The van der Waals surface area contributed by atoms with Crippen LogP contribution in [-0.4, -0.2) is 21.9 Å². The third kappa shape index (κ3) is 1.56. The molecule has 1 aromatic carbocycles. The second-order valence-corrected chi connectivity index (χ2v) is 2.89. The van der Waals surface area contributed by atoms with Crippen LogP contribution in [-0.2, 0) is 0 Å². The fourth-order valence-electron chi connectivity index (χ4n) is 1.12. The van der Waals surface area contributed by atoms with Crippen LogP contribution in [0.4, 0.5) is 0 Å². The third-order valence-electron chi connectivity index (χ3n) is 1.73. The van der Waals surface area contributed by atoms with Crippen molar-refractivity contribution < 1.29 is 4.74 Å². The first-order valence-electron chi connectivity index (χ1n) is 3.93. The summed E-state index contributed by atoms with van der Waals surface area (Å²) >= 11 is 5.61. The first-order valence-corrected chi connectivity index (χ1v) is 4.30. The molecule has 2 rings (SSSR count). The van der Waals surface area contributed by atoms with E-state index in [-0.39, 0.29) is 5.28 Å². The fourth-order valence-corrected chi connectivity index (χ4v) is 1.24. The zero-order chi connectivity index (χ0) is 9.97. The number of aromatic nitrogens is 3. The van der Waals surface area contributed by atoms with Crippen LogP contribution in [0.2, 0.25) is 5.28 Å². The molecule has 2 aromatic rings. The van der Waals surface area contributed by atoms with Crippen molar-refractivity contribution in [3.05, 3.63) is 35.9 Å². The van der Waals surface area contributed by atoms with Gasteiger partial charge in [-0.25, -0.2) is 9.67 Å². The maximum absolute atomic E-state index is 5.61. The van der Waals surface area contributed by atoms with Gasteiger partial charge in [0.2, 0.25) is 5.28 Å². The summed E-state index contributed by atoms with van der Waals surface area (Å²) in [4.78, 5) is 3.82. The lowest BCUT2D eigenvalue weighted by molar-refractivity contribution is 0.411. The van der Waals surface area contributed by atoms with Crippen molar-refractivity contribution in [1.82, 2.24) is 14.8 Å². The molecule has 0 saturated heterocycles. The zero-order valence-electron chi connectivity index (χ0n) is 7.44.